The van der Waals surface area contributed by atoms with Crippen molar-refractivity contribution >= 4 is 7.82 Å². The number of nitrogens with zero attached hydrogens (tertiary/aromatic N) is 1. The quantitative estimate of drug-likeness (QED) is 0.599. The van der Waals surface area contributed by atoms with Crippen molar-refractivity contribution in [2.45, 2.75) is 44.8 Å². The van der Waals surface area contributed by atoms with E-state index in [9.17, 15) is 14.8 Å². The number of hydrazine groups is 1. The van der Waals surface area contributed by atoms with Gasteiger partial charge < -0.3 is 14.7 Å². The Morgan fingerprint density at radius 1 is 1.48 bits per heavy atom. The molecule has 0 aromatic carbocycles. The third kappa shape index (κ3) is 3.41. The van der Waals surface area contributed by atoms with Gasteiger partial charge in [0.1, 0.15) is 12.3 Å². The largest absolute Gasteiger partial charge is 0.529 e. The van der Waals surface area contributed by atoms with Crippen LogP contribution < -0.4 is 5.43 Å². The Labute approximate surface area is 124 Å². The highest BCUT2D eigenvalue weighted by atomic mass is 31.2. The Balaban J connectivity index is 2.25. The number of aliphatic hydroxyl groups excluding tert-OH is 1. The van der Waals surface area contributed by atoms with E-state index in [4.69, 9.17) is 13.6 Å². The fraction of sp³-hybridized carbons (Fsp3) is 0.833. The normalized spacial score (nSPS) is 29.2. The first kappa shape index (κ1) is 16.7. The lowest BCUT2D eigenvalue weighted by molar-refractivity contribution is -0.0418. The highest BCUT2D eigenvalue weighted by Gasteiger charge is 2.51. The van der Waals surface area contributed by atoms with Gasteiger partial charge in [0.05, 0.1) is 25.5 Å². The summed E-state index contributed by atoms with van der Waals surface area (Å²) in [7, 11) is -3.78. The van der Waals surface area contributed by atoms with Gasteiger partial charge in [0, 0.05) is 0 Å². The highest BCUT2D eigenvalue weighted by molar-refractivity contribution is 7.48. The summed E-state index contributed by atoms with van der Waals surface area (Å²) in [6.07, 6.45) is 3.39. The number of nitrogens with one attached hydrogen (secondary N) is 1. The number of fused-ring (bicyclic) bond motifs is 1. The molecule has 0 unspecified atom stereocenters. The summed E-state index contributed by atoms with van der Waals surface area (Å²) in [6, 6.07) is -0.304. The fourth-order valence-corrected chi connectivity index (χ4v) is 3.92. The van der Waals surface area contributed by atoms with Crippen molar-refractivity contribution in [1.82, 2.24) is 10.4 Å². The number of phosphoric acid groups is 1. The van der Waals surface area contributed by atoms with Crippen LogP contribution in [0.5, 0.6) is 0 Å². The zero-order valence-electron chi connectivity index (χ0n) is 12.3. The maximum atomic E-state index is 12.5. The summed E-state index contributed by atoms with van der Waals surface area (Å²) in [4.78, 5) is 0. The second-order valence-corrected chi connectivity index (χ2v) is 6.57. The van der Waals surface area contributed by atoms with Gasteiger partial charge in [-0.15, -0.1) is 0 Å². The summed E-state index contributed by atoms with van der Waals surface area (Å²) >= 11 is 0. The van der Waals surface area contributed by atoms with E-state index in [1.807, 2.05) is 0 Å². The summed E-state index contributed by atoms with van der Waals surface area (Å²) in [5, 5.41) is 21.4. The molecule has 8 nitrogen and oxygen atoms in total. The molecule has 1 heterocycles. The molecule has 1 fully saturated rings. The highest BCUT2D eigenvalue weighted by Crippen LogP contribution is 2.54. The molecule has 0 bridgehead atoms. The molecule has 0 aromatic rings. The molecule has 122 valence electrons. The van der Waals surface area contributed by atoms with Crippen molar-refractivity contribution in [3.05, 3.63) is 12.0 Å². The average Bonchev–Trinajstić information content (AvgIpc) is 2.81. The minimum atomic E-state index is -3.78. The summed E-state index contributed by atoms with van der Waals surface area (Å²) < 4.78 is 28.1. The molecule has 1 aliphatic heterocycles. The van der Waals surface area contributed by atoms with Crippen LogP contribution in [-0.2, 0) is 18.1 Å². The van der Waals surface area contributed by atoms with E-state index in [0.29, 0.717) is 6.42 Å². The first-order valence-corrected chi connectivity index (χ1v) is 8.60. The molecule has 1 saturated carbocycles. The van der Waals surface area contributed by atoms with Crippen LogP contribution in [0.3, 0.4) is 0 Å². The molecule has 0 aromatic heterocycles. The van der Waals surface area contributed by atoms with Crippen molar-refractivity contribution < 1.29 is 28.3 Å². The maximum absolute atomic E-state index is 12.5. The van der Waals surface area contributed by atoms with Gasteiger partial charge in [-0.2, -0.15) is 0 Å². The zero-order valence-corrected chi connectivity index (χ0v) is 13.2. The first-order valence-electron chi connectivity index (χ1n) is 7.14. The lowest BCUT2D eigenvalue weighted by atomic mass is 9.94. The smallest absolute Gasteiger partial charge is 0.404 e. The Hall–Kier alpha value is -0.630. The molecule has 1 aliphatic carbocycles. The molecule has 2 atom stereocenters. The van der Waals surface area contributed by atoms with Gasteiger partial charge >= 0.3 is 7.82 Å². The van der Waals surface area contributed by atoms with E-state index in [1.165, 1.54) is 11.2 Å². The minimum Gasteiger partial charge on any atom is -0.404 e. The summed E-state index contributed by atoms with van der Waals surface area (Å²) in [6.45, 7) is 3.38. The molecule has 0 spiro atoms. The third-order valence-electron chi connectivity index (χ3n) is 3.59. The minimum absolute atomic E-state index is 0.100. The number of rotatable bonds is 7. The zero-order chi connectivity index (χ0) is 15.5. The summed E-state index contributed by atoms with van der Waals surface area (Å²) in [5.41, 5.74) is 1.72. The Kier molecular flexibility index (Phi) is 5.29. The second-order valence-electron chi connectivity index (χ2n) is 4.98. The molecular formula is C12H23N2O6P. The van der Waals surface area contributed by atoms with Crippen molar-refractivity contribution in [2.24, 2.45) is 0 Å². The average molecular weight is 322 g/mol. The van der Waals surface area contributed by atoms with Gasteiger partial charge in [-0.3, -0.25) is 14.1 Å². The van der Waals surface area contributed by atoms with E-state index in [2.05, 4.69) is 5.43 Å². The van der Waals surface area contributed by atoms with E-state index in [1.54, 1.807) is 13.8 Å². The molecule has 9 heteroatoms. The number of hydrogen-bond donors (Lipinski definition) is 3. The summed E-state index contributed by atoms with van der Waals surface area (Å²) in [5.74, 6) is 0.100. The maximum Gasteiger partial charge on any atom is 0.529 e. The van der Waals surface area contributed by atoms with Crippen molar-refractivity contribution in [2.75, 3.05) is 19.9 Å². The molecular weight excluding hydrogens is 299 g/mol. The monoisotopic (exact) mass is 322 g/mol. The Bertz CT molecular complexity index is 435. The lowest BCUT2D eigenvalue weighted by Crippen LogP contribution is -2.57. The van der Waals surface area contributed by atoms with Crippen LogP contribution in [0.25, 0.3) is 0 Å². The standard InChI is InChI=1S/C12H23N2O6P/c1-3-18-21(17,19-4-2)20-11-8-14(9-15)13-10-6-5-7-12(10,11)16/h8,10,13,15-16H,3-7,9H2,1-2H3/t10-,12+/m0/s1. The predicted molar refractivity (Wildman–Crippen MR) is 74.7 cm³/mol. The lowest BCUT2D eigenvalue weighted by Gasteiger charge is -2.40. The van der Waals surface area contributed by atoms with Gasteiger partial charge in [0.15, 0.2) is 5.76 Å². The van der Waals surface area contributed by atoms with E-state index >= 15 is 0 Å². The van der Waals surface area contributed by atoms with Crippen molar-refractivity contribution in [3.8, 4) is 0 Å². The topological polar surface area (TPSA) is 100 Å². The van der Waals surface area contributed by atoms with Gasteiger partial charge in [-0.25, -0.2) is 9.99 Å². The number of hydrogen-bond acceptors (Lipinski definition) is 8. The van der Waals surface area contributed by atoms with Gasteiger partial charge in [-0.1, -0.05) is 0 Å². The molecule has 2 rings (SSSR count). The first-order chi connectivity index (χ1) is 9.97. The molecule has 0 saturated heterocycles. The Morgan fingerprint density at radius 2 is 2.14 bits per heavy atom. The van der Waals surface area contributed by atoms with Crippen LogP contribution in [0.4, 0.5) is 0 Å². The van der Waals surface area contributed by atoms with E-state index in [0.717, 1.165) is 12.8 Å². The van der Waals surface area contributed by atoms with Crippen LogP contribution in [0.1, 0.15) is 33.1 Å². The van der Waals surface area contributed by atoms with E-state index in [-0.39, 0.29) is 31.7 Å². The van der Waals surface area contributed by atoms with Crippen LogP contribution in [-0.4, -0.2) is 46.8 Å². The molecule has 3 N–H and O–H groups in total. The molecule has 0 radical (unpaired) electrons. The SMILES string of the molecule is CCOP(=O)(OCC)OC1=CN(CO)N[C@H]2CCC[C@]12O. The van der Waals surface area contributed by atoms with Crippen LogP contribution in [0.2, 0.25) is 0 Å². The van der Waals surface area contributed by atoms with Crippen molar-refractivity contribution in [1.29, 1.82) is 0 Å². The molecule has 2 aliphatic rings. The molecule has 21 heavy (non-hydrogen) atoms. The van der Waals surface area contributed by atoms with E-state index < -0.39 is 13.4 Å². The molecule has 0 amide bonds. The third-order valence-corrected chi connectivity index (χ3v) is 5.15. The number of aliphatic hydroxyl groups is 2. The number of phosphoric ester groups is 1. The van der Waals surface area contributed by atoms with Gasteiger partial charge in [0.2, 0.25) is 0 Å². The van der Waals surface area contributed by atoms with Crippen LogP contribution >= 0.6 is 7.82 Å². The van der Waals surface area contributed by atoms with Gasteiger partial charge in [0.25, 0.3) is 0 Å². The van der Waals surface area contributed by atoms with Crippen LogP contribution in [0, 0.1) is 0 Å². The van der Waals surface area contributed by atoms with Crippen LogP contribution in [0.15, 0.2) is 12.0 Å². The van der Waals surface area contributed by atoms with Crippen molar-refractivity contribution in [3.63, 3.8) is 0 Å². The Morgan fingerprint density at radius 3 is 2.71 bits per heavy atom. The fourth-order valence-electron chi connectivity index (χ4n) is 2.66. The van der Waals surface area contributed by atoms with Gasteiger partial charge in [-0.05, 0) is 33.1 Å². The second kappa shape index (κ2) is 6.64. The predicted octanol–water partition coefficient (Wildman–Crippen LogP) is 1.08.